The molecule has 9 nitrogen and oxygen atoms in total. The summed E-state index contributed by atoms with van der Waals surface area (Å²) in [6.07, 6.45) is 1.85. The number of nitro groups is 2. The maximum atomic E-state index is 12.9. The first-order valence-electron chi connectivity index (χ1n) is 7.67. The Bertz CT molecular complexity index is 795. The standard InChI is InChI=1S/C10H11F2N3O2.C5H3ClN2O2/c11-10(12)3-5-14(6-4-10)9-2-1-8(7-13-9)15(16)17;6-5-2-1-4(3-7-5)8(9)10/h1-2,7H,3-6H2;1-3H. The highest BCUT2D eigenvalue weighted by Crippen LogP contribution is 2.29. The molecule has 0 radical (unpaired) electrons. The molecule has 0 amide bonds. The third-order valence-electron chi connectivity index (χ3n) is 3.68. The number of piperidine rings is 1. The molecular formula is C15H14ClF2N5O4. The topological polar surface area (TPSA) is 115 Å². The van der Waals surface area contributed by atoms with Crippen molar-refractivity contribution < 1.29 is 18.6 Å². The normalized spacial score (nSPS) is 15.4. The van der Waals surface area contributed by atoms with Gasteiger partial charge in [0.1, 0.15) is 23.4 Å². The molecule has 144 valence electrons. The zero-order valence-corrected chi connectivity index (χ0v) is 14.6. The number of pyridine rings is 2. The monoisotopic (exact) mass is 401 g/mol. The lowest BCUT2D eigenvalue weighted by molar-refractivity contribution is -0.385. The first kappa shape index (κ1) is 20.4. The summed E-state index contributed by atoms with van der Waals surface area (Å²) in [7, 11) is 0. The average Bonchev–Trinajstić information content (AvgIpc) is 2.63. The van der Waals surface area contributed by atoms with Gasteiger partial charge in [-0.15, -0.1) is 0 Å². The van der Waals surface area contributed by atoms with Gasteiger partial charge in [0.25, 0.3) is 17.3 Å². The number of halogens is 3. The van der Waals surface area contributed by atoms with E-state index in [0.29, 0.717) is 5.82 Å². The predicted molar refractivity (Wildman–Crippen MR) is 93.2 cm³/mol. The second-order valence-electron chi connectivity index (χ2n) is 5.57. The van der Waals surface area contributed by atoms with Gasteiger partial charge in [-0.05, 0) is 12.1 Å². The molecule has 1 saturated heterocycles. The van der Waals surface area contributed by atoms with Gasteiger partial charge >= 0.3 is 0 Å². The van der Waals surface area contributed by atoms with Crippen LogP contribution >= 0.6 is 11.6 Å². The summed E-state index contributed by atoms with van der Waals surface area (Å²) in [4.78, 5) is 28.5. The molecule has 0 aliphatic carbocycles. The second kappa shape index (κ2) is 8.62. The number of nitrogens with zero attached hydrogens (tertiary/aromatic N) is 5. The van der Waals surface area contributed by atoms with Crippen molar-refractivity contribution in [1.29, 1.82) is 0 Å². The molecule has 1 fully saturated rings. The Morgan fingerprint density at radius 2 is 1.48 bits per heavy atom. The van der Waals surface area contributed by atoms with Crippen molar-refractivity contribution in [3.63, 3.8) is 0 Å². The van der Waals surface area contributed by atoms with Crippen molar-refractivity contribution in [2.24, 2.45) is 0 Å². The van der Waals surface area contributed by atoms with Crippen LogP contribution in [0.4, 0.5) is 26.0 Å². The van der Waals surface area contributed by atoms with Crippen LogP contribution in [0, 0.1) is 20.2 Å². The third-order valence-corrected chi connectivity index (χ3v) is 3.91. The lowest BCUT2D eigenvalue weighted by Gasteiger charge is -2.32. The van der Waals surface area contributed by atoms with E-state index < -0.39 is 15.8 Å². The number of aromatic nitrogens is 2. The van der Waals surface area contributed by atoms with Crippen molar-refractivity contribution >= 4 is 28.8 Å². The summed E-state index contributed by atoms with van der Waals surface area (Å²) in [5.41, 5.74) is -0.152. The van der Waals surface area contributed by atoms with Gasteiger partial charge in [-0.3, -0.25) is 20.2 Å². The van der Waals surface area contributed by atoms with Crippen LogP contribution in [0.15, 0.2) is 36.7 Å². The third kappa shape index (κ3) is 6.06. The number of hydrogen-bond donors (Lipinski definition) is 0. The lowest BCUT2D eigenvalue weighted by Crippen LogP contribution is -2.39. The zero-order valence-electron chi connectivity index (χ0n) is 13.8. The molecule has 27 heavy (non-hydrogen) atoms. The van der Waals surface area contributed by atoms with E-state index in [1.54, 1.807) is 4.90 Å². The highest BCUT2D eigenvalue weighted by molar-refractivity contribution is 6.29. The zero-order chi connectivity index (χ0) is 20.0. The van der Waals surface area contributed by atoms with Crippen molar-refractivity contribution in [3.8, 4) is 0 Å². The van der Waals surface area contributed by atoms with Gasteiger partial charge in [-0.25, -0.2) is 18.7 Å². The van der Waals surface area contributed by atoms with Crippen LogP contribution in [0.5, 0.6) is 0 Å². The summed E-state index contributed by atoms with van der Waals surface area (Å²) < 4.78 is 25.9. The molecule has 3 heterocycles. The van der Waals surface area contributed by atoms with Crippen molar-refractivity contribution in [3.05, 3.63) is 62.0 Å². The van der Waals surface area contributed by atoms with Gasteiger partial charge in [0.15, 0.2) is 0 Å². The maximum Gasteiger partial charge on any atom is 0.287 e. The van der Waals surface area contributed by atoms with Crippen LogP contribution in [0.1, 0.15) is 12.8 Å². The van der Waals surface area contributed by atoms with Crippen LogP contribution in [0.2, 0.25) is 5.15 Å². The van der Waals surface area contributed by atoms with Gasteiger partial charge in [0.2, 0.25) is 0 Å². The highest BCUT2D eigenvalue weighted by Gasteiger charge is 2.34. The van der Waals surface area contributed by atoms with E-state index in [9.17, 15) is 29.0 Å². The van der Waals surface area contributed by atoms with Crippen LogP contribution in [0.3, 0.4) is 0 Å². The van der Waals surface area contributed by atoms with Gasteiger partial charge in [-0.2, -0.15) is 0 Å². The number of alkyl halides is 2. The molecule has 0 spiro atoms. The Kier molecular flexibility index (Phi) is 6.50. The molecule has 1 aliphatic rings. The maximum absolute atomic E-state index is 12.9. The van der Waals surface area contributed by atoms with E-state index in [0.717, 1.165) is 12.4 Å². The molecule has 0 aromatic carbocycles. The molecule has 1 aliphatic heterocycles. The summed E-state index contributed by atoms with van der Waals surface area (Å²) in [5, 5.41) is 20.7. The largest absolute Gasteiger partial charge is 0.356 e. The summed E-state index contributed by atoms with van der Waals surface area (Å²) in [6.45, 7) is 0.440. The van der Waals surface area contributed by atoms with Crippen molar-refractivity contribution in [2.75, 3.05) is 18.0 Å². The van der Waals surface area contributed by atoms with E-state index in [4.69, 9.17) is 11.6 Å². The van der Waals surface area contributed by atoms with E-state index in [1.807, 2.05) is 0 Å². The minimum Gasteiger partial charge on any atom is -0.356 e. The first-order chi connectivity index (χ1) is 12.7. The Morgan fingerprint density at radius 1 is 0.963 bits per heavy atom. The number of rotatable bonds is 3. The number of hydrogen-bond acceptors (Lipinski definition) is 7. The van der Waals surface area contributed by atoms with Crippen LogP contribution in [-0.2, 0) is 0 Å². The van der Waals surface area contributed by atoms with Gasteiger partial charge in [-0.1, -0.05) is 11.6 Å². The molecule has 0 unspecified atom stereocenters. The van der Waals surface area contributed by atoms with E-state index in [1.165, 1.54) is 24.3 Å². The number of anilines is 1. The lowest BCUT2D eigenvalue weighted by atomic mass is 10.1. The Hall–Kier alpha value is -2.95. The molecule has 0 atom stereocenters. The fourth-order valence-electron chi connectivity index (χ4n) is 2.21. The molecule has 2 aromatic heterocycles. The second-order valence-corrected chi connectivity index (χ2v) is 5.96. The fourth-order valence-corrected chi connectivity index (χ4v) is 2.32. The molecule has 0 N–H and O–H groups in total. The molecule has 12 heteroatoms. The molecule has 3 rings (SSSR count). The Balaban J connectivity index is 0.000000223. The van der Waals surface area contributed by atoms with Gasteiger partial charge in [0, 0.05) is 38.1 Å². The summed E-state index contributed by atoms with van der Waals surface area (Å²) in [6, 6.07) is 5.49. The summed E-state index contributed by atoms with van der Waals surface area (Å²) >= 11 is 5.38. The first-order valence-corrected chi connectivity index (χ1v) is 8.05. The highest BCUT2D eigenvalue weighted by atomic mass is 35.5. The van der Waals surface area contributed by atoms with Crippen LogP contribution in [0.25, 0.3) is 0 Å². The van der Waals surface area contributed by atoms with E-state index in [2.05, 4.69) is 9.97 Å². The molecule has 2 aromatic rings. The SMILES string of the molecule is O=[N+]([O-])c1ccc(Cl)nc1.O=[N+]([O-])c1ccc(N2CCC(F)(F)CC2)nc1. The predicted octanol–water partition coefficient (Wildman–Crippen LogP) is 3.87. The molecule has 0 bridgehead atoms. The van der Waals surface area contributed by atoms with Gasteiger partial charge in [0.05, 0.1) is 9.85 Å². The molecular weight excluding hydrogens is 388 g/mol. The van der Waals surface area contributed by atoms with Crippen LogP contribution < -0.4 is 4.90 Å². The van der Waals surface area contributed by atoms with Crippen molar-refractivity contribution in [1.82, 2.24) is 9.97 Å². The minimum atomic E-state index is -2.60. The van der Waals surface area contributed by atoms with Gasteiger partial charge < -0.3 is 4.90 Å². The smallest absolute Gasteiger partial charge is 0.287 e. The quantitative estimate of drug-likeness (QED) is 0.435. The van der Waals surface area contributed by atoms with E-state index >= 15 is 0 Å². The minimum absolute atomic E-state index is 0.0515. The molecule has 0 saturated carbocycles. The Labute approximate surface area is 156 Å². The van der Waals surface area contributed by atoms with E-state index in [-0.39, 0.29) is 42.5 Å². The van der Waals surface area contributed by atoms with Crippen molar-refractivity contribution in [2.45, 2.75) is 18.8 Å². The average molecular weight is 402 g/mol. The van der Waals surface area contributed by atoms with Crippen LogP contribution in [-0.4, -0.2) is 38.8 Å². The summed E-state index contributed by atoms with van der Waals surface area (Å²) in [5.74, 6) is -2.09. The Morgan fingerprint density at radius 3 is 1.89 bits per heavy atom. The fraction of sp³-hybridized carbons (Fsp3) is 0.333.